The summed E-state index contributed by atoms with van der Waals surface area (Å²) in [5, 5.41) is 9.72. The summed E-state index contributed by atoms with van der Waals surface area (Å²) in [6.07, 6.45) is -0.427. The molecule has 0 aliphatic rings. The number of hydroxylamine groups is 2. The molecule has 0 aromatic rings. The van der Waals surface area contributed by atoms with Crippen molar-refractivity contribution in [3.63, 3.8) is 0 Å². The molecule has 0 unspecified atom stereocenters. The van der Waals surface area contributed by atoms with Crippen molar-refractivity contribution < 1.29 is 14.7 Å². The Morgan fingerprint density at radius 2 is 2.08 bits per heavy atom. The van der Waals surface area contributed by atoms with Gasteiger partial charge in [0.15, 0.2) is 0 Å². The van der Waals surface area contributed by atoms with Gasteiger partial charge in [-0.2, -0.15) is 5.06 Å². The van der Waals surface area contributed by atoms with E-state index in [1.807, 2.05) is 0 Å². The quantitative estimate of drug-likeness (QED) is 0.513. The van der Waals surface area contributed by atoms with Crippen LogP contribution < -0.4 is 5.73 Å². The van der Waals surface area contributed by atoms with E-state index >= 15 is 0 Å². The molecule has 0 bridgehead atoms. The highest BCUT2D eigenvalue weighted by atomic mass is 16.7. The SMILES string of the molecule is CC(C)(C)N(OCCCN)C(=O)O. The van der Waals surface area contributed by atoms with Crippen LogP contribution in [0.5, 0.6) is 0 Å². The van der Waals surface area contributed by atoms with Crippen LogP contribution in [-0.2, 0) is 4.84 Å². The van der Waals surface area contributed by atoms with E-state index in [1.165, 1.54) is 0 Å². The smallest absolute Gasteiger partial charge is 0.431 e. The highest BCUT2D eigenvalue weighted by Crippen LogP contribution is 2.13. The maximum Gasteiger partial charge on any atom is 0.431 e. The van der Waals surface area contributed by atoms with Crippen LogP contribution in [0.15, 0.2) is 0 Å². The monoisotopic (exact) mass is 190 g/mol. The second-order valence-corrected chi connectivity index (χ2v) is 3.72. The van der Waals surface area contributed by atoms with Crippen LogP contribution in [0.25, 0.3) is 0 Å². The minimum atomic E-state index is -1.08. The number of hydrogen-bond donors (Lipinski definition) is 2. The van der Waals surface area contributed by atoms with Crippen molar-refractivity contribution >= 4 is 6.09 Å². The molecule has 0 spiro atoms. The minimum Gasteiger partial charge on any atom is -0.463 e. The molecule has 5 heteroatoms. The van der Waals surface area contributed by atoms with E-state index in [9.17, 15) is 4.79 Å². The number of nitrogens with zero attached hydrogens (tertiary/aromatic N) is 1. The van der Waals surface area contributed by atoms with Crippen LogP contribution in [0.1, 0.15) is 27.2 Å². The number of nitrogens with two attached hydrogens (primary N) is 1. The predicted molar refractivity (Wildman–Crippen MR) is 49.2 cm³/mol. The van der Waals surface area contributed by atoms with Crippen molar-refractivity contribution in [3.8, 4) is 0 Å². The fraction of sp³-hybridized carbons (Fsp3) is 0.875. The Hall–Kier alpha value is -0.810. The Morgan fingerprint density at radius 3 is 2.38 bits per heavy atom. The summed E-state index contributed by atoms with van der Waals surface area (Å²) in [5.41, 5.74) is 4.71. The lowest BCUT2D eigenvalue weighted by molar-refractivity contribution is -0.178. The third-order valence-electron chi connectivity index (χ3n) is 1.35. The van der Waals surface area contributed by atoms with Gasteiger partial charge in [-0.05, 0) is 33.7 Å². The Labute approximate surface area is 78.4 Å². The van der Waals surface area contributed by atoms with Gasteiger partial charge in [-0.25, -0.2) is 4.79 Å². The van der Waals surface area contributed by atoms with E-state index < -0.39 is 11.6 Å². The number of amides is 1. The van der Waals surface area contributed by atoms with E-state index in [1.54, 1.807) is 20.8 Å². The van der Waals surface area contributed by atoms with Crippen LogP contribution in [0.3, 0.4) is 0 Å². The summed E-state index contributed by atoms with van der Waals surface area (Å²) >= 11 is 0. The largest absolute Gasteiger partial charge is 0.463 e. The summed E-state index contributed by atoms with van der Waals surface area (Å²) in [6.45, 7) is 6.13. The molecule has 0 saturated carbocycles. The Balaban J connectivity index is 4.04. The van der Waals surface area contributed by atoms with Gasteiger partial charge in [0, 0.05) is 0 Å². The lowest BCUT2D eigenvalue weighted by atomic mass is 10.1. The first-order chi connectivity index (χ1) is 5.89. The average molecular weight is 190 g/mol. The van der Waals surface area contributed by atoms with Crippen LogP contribution in [-0.4, -0.2) is 35.0 Å². The predicted octanol–water partition coefficient (Wildman–Crippen LogP) is 1.05. The number of carboxylic acid groups (broad SMARTS) is 1. The Kier molecular flexibility index (Phi) is 4.72. The first kappa shape index (κ1) is 12.2. The van der Waals surface area contributed by atoms with Crippen molar-refractivity contribution in [2.24, 2.45) is 5.73 Å². The summed E-state index contributed by atoms with van der Waals surface area (Å²) in [6, 6.07) is 0. The number of rotatable bonds is 4. The van der Waals surface area contributed by atoms with E-state index in [2.05, 4.69) is 0 Å². The maximum atomic E-state index is 10.7. The standard InChI is InChI=1S/C8H18N2O3/c1-8(2,3)10(7(11)12)13-6-4-5-9/h4-6,9H2,1-3H3,(H,11,12). The van der Waals surface area contributed by atoms with Gasteiger partial charge in [0.1, 0.15) is 0 Å². The minimum absolute atomic E-state index is 0.333. The molecule has 78 valence electrons. The molecule has 13 heavy (non-hydrogen) atoms. The molecular weight excluding hydrogens is 172 g/mol. The second kappa shape index (κ2) is 5.04. The van der Waals surface area contributed by atoms with E-state index in [0.717, 1.165) is 5.06 Å². The van der Waals surface area contributed by atoms with Crippen molar-refractivity contribution in [2.75, 3.05) is 13.2 Å². The van der Waals surface area contributed by atoms with Gasteiger partial charge < -0.3 is 10.8 Å². The molecular formula is C8H18N2O3. The highest BCUT2D eigenvalue weighted by molar-refractivity contribution is 5.64. The van der Waals surface area contributed by atoms with E-state index in [4.69, 9.17) is 15.7 Å². The zero-order valence-corrected chi connectivity index (χ0v) is 8.41. The second-order valence-electron chi connectivity index (χ2n) is 3.72. The van der Waals surface area contributed by atoms with Gasteiger partial charge in [0.05, 0.1) is 12.1 Å². The highest BCUT2D eigenvalue weighted by Gasteiger charge is 2.27. The van der Waals surface area contributed by atoms with Crippen molar-refractivity contribution in [3.05, 3.63) is 0 Å². The summed E-state index contributed by atoms with van der Waals surface area (Å²) in [5.74, 6) is 0. The molecule has 0 rings (SSSR count). The van der Waals surface area contributed by atoms with E-state index in [0.29, 0.717) is 19.6 Å². The lowest BCUT2D eigenvalue weighted by Crippen LogP contribution is -2.45. The van der Waals surface area contributed by atoms with E-state index in [-0.39, 0.29) is 0 Å². The maximum absolute atomic E-state index is 10.7. The average Bonchev–Trinajstić information content (AvgIpc) is 1.94. The molecule has 0 saturated heterocycles. The fourth-order valence-electron chi connectivity index (χ4n) is 0.775. The lowest BCUT2D eigenvalue weighted by Gasteiger charge is -2.31. The molecule has 0 aromatic heterocycles. The molecule has 5 nitrogen and oxygen atoms in total. The molecule has 0 aliphatic carbocycles. The molecule has 0 fully saturated rings. The fourth-order valence-corrected chi connectivity index (χ4v) is 0.775. The third-order valence-corrected chi connectivity index (χ3v) is 1.35. The van der Waals surface area contributed by atoms with Crippen LogP contribution in [0, 0.1) is 0 Å². The summed E-state index contributed by atoms with van der Waals surface area (Å²) < 4.78 is 0. The first-order valence-electron chi connectivity index (χ1n) is 4.25. The summed E-state index contributed by atoms with van der Waals surface area (Å²) in [4.78, 5) is 15.8. The van der Waals surface area contributed by atoms with Crippen molar-refractivity contribution in [2.45, 2.75) is 32.7 Å². The normalized spacial score (nSPS) is 11.4. The van der Waals surface area contributed by atoms with Crippen molar-refractivity contribution in [1.82, 2.24) is 5.06 Å². The zero-order valence-electron chi connectivity index (χ0n) is 8.41. The van der Waals surface area contributed by atoms with Crippen LogP contribution >= 0.6 is 0 Å². The Bertz CT molecular complexity index is 165. The number of carbonyl (C=O) groups is 1. The van der Waals surface area contributed by atoms with Crippen LogP contribution in [0.2, 0.25) is 0 Å². The molecule has 3 N–H and O–H groups in total. The van der Waals surface area contributed by atoms with Gasteiger partial charge in [-0.15, -0.1) is 0 Å². The molecule has 0 heterocycles. The summed E-state index contributed by atoms with van der Waals surface area (Å²) in [7, 11) is 0. The molecule has 0 aliphatic heterocycles. The molecule has 1 amide bonds. The van der Waals surface area contributed by atoms with Gasteiger partial charge in [0.25, 0.3) is 0 Å². The van der Waals surface area contributed by atoms with Gasteiger partial charge in [0.2, 0.25) is 0 Å². The molecule has 0 atom stereocenters. The molecule has 0 radical (unpaired) electrons. The van der Waals surface area contributed by atoms with Gasteiger partial charge in [-0.1, -0.05) is 0 Å². The van der Waals surface area contributed by atoms with Gasteiger partial charge >= 0.3 is 6.09 Å². The zero-order chi connectivity index (χ0) is 10.5. The van der Waals surface area contributed by atoms with Crippen LogP contribution in [0.4, 0.5) is 4.79 Å². The van der Waals surface area contributed by atoms with Crippen molar-refractivity contribution in [1.29, 1.82) is 0 Å². The topological polar surface area (TPSA) is 75.8 Å². The number of hydrogen-bond acceptors (Lipinski definition) is 3. The molecule has 0 aromatic carbocycles. The van der Waals surface area contributed by atoms with Gasteiger partial charge in [-0.3, -0.25) is 4.84 Å². The third kappa shape index (κ3) is 4.69. The Morgan fingerprint density at radius 1 is 1.54 bits per heavy atom. The first-order valence-corrected chi connectivity index (χ1v) is 4.25.